The zero-order valence-electron chi connectivity index (χ0n) is 22.7. The van der Waals surface area contributed by atoms with E-state index in [-0.39, 0.29) is 36.0 Å². The molecule has 3 aromatic carbocycles. The van der Waals surface area contributed by atoms with Gasteiger partial charge in [0.2, 0.25) is 0 Å². The van der Waals surface area contributed by atoms with Gasteiger partial charge in [-0.15, -0.1) is 0 Å². The van der Waals surface area contributed by atoms with E-state index in [0.29, 0.717) is 23.8 Å². The van der Waals surface area contributed by atoms with Crippen LogP contribution in [0.25, 0.3) is 17.2 Å². The van der Waals surface area contributed by atoms with Crippen LogP contribution in [-0.2, 0) is 28.7 Å². The molecule has 1 aliphatic carbocycles. The van der Waals surface area contributed by atoms with E-state index < -0.39 is 0 Å². The van der Waals surface area contributed by atoms with Crippen molar-refractivity contribution in [1.29, 1.82) is 0 Å². The van der Waals surface area contributed by atoms with Crippen molar-refractivity contribution in [3.63, 3.8) is 0 Å². The Morgan fingerprint density at radius 2 is 1.69 bits per heavy atom. The number of fused-ring (bicyclic) bond motifs is 1. The van der Waals surface area contributed by atoms with Crippen LogP contribution in [0.15, 0.2) is 96.6 Å². The molecule has 0 bridgehead atoms. The summed E-state index contributed by atoms with van der Waals surface area (Å²) in [5.41, 5.74) is 10.5. The standard InChI is InChI=1S/C27H23.C7H14NO2.H4Si.Ti/c1-20-18-24-16-17-25(19-27(24)21(20)2)26(23-13-7-4-8-14-23)15-9-12-22-10-5-3-6-11-22;1-3-4-7(9)8-5-6-10-2;;/h3-19H,1-2H3;2-6H2,1H3,(H,8,9);1H4;. The fraction of sp³-hybridized carbons (Fsp3) is 0.265. The van der Waals surface area contributed by atoms with Crippen molar-refractivity contribution in [2.75, 3.05) is 18.1 Å². The molecule has 4 rings (SSSR count). The molecule has 0 saturated carbocycles. The van der Waals surface area contributed by atoms with Crippen LogP contribution in [0.3, 0.4) is 0 Å². The zero-order chi connectivity index (χ0) is 26.7. The summed E-state index contributed by atoms with van der Waals surface area (Å²) in [5, 5.41) is 2.93. The van der Waals surface area contributed by atoms with E-state index in [2.05, 4.69) is 110 Å². The Morgan fingerprint density at radius 1 is 0.974 bits per heavy atom. The quantitative estimate of drug-likeness (QED) is 0.160. The molecule has 0 radical (unpaired) electrons. The Kier molecular flexibility index (Phi) is 12.4. The summed E-state index contributed by atoms with van der Waals surface area (Å²) in [6.07, 6.45) is 7.99. The normalized spacial score (nSPS) is 14.7. The average molecular weight is 572 g/mol. The molecule has 39 heavy (non-hydrogen) atoms. The topological polar surface area (TPSA) is 38.3 Å². The Morgan fingerprint density at radius 3 is 2.41 bits per heavy atom. The third kappa shape index (κ3) is 8.36. The molecule has 0 aromatic heterocycles. The zero-order valence-corrected chi connectivity index (χ0v) is 24.2. The third-order valence-electron chi connectivity index (χ3n) is 6.97. The molecule has 1 N–H and O–H groups in total. The SMILES string of the molecule is CCCC(=O)NCCO[CH2][Ti][CH]1C(C)=C(C)c2cc(C(=CC=Cc3ccccc3)c3ccccc3)ccc21.[SiH4]. The first-order chi connectivity index (χ1) is 18.6. The Bertz CT molecular complexity index is 1320. The van der Waals surface area contributed by atoms with E-state index in [0.717, 1.165) is 11.3 Å². The summed E-state index contributed by atoms with van der Waals surface area (Å²) in [4.78, 5) is 12.4. The molecule has 1 amide bonds. The maximum Gasteiger partial charge on any atom is -0.0149 e. The molecule has 0 saturated heterocycles. The van der Waals surface area contributed by atoms with Gasteiger partial charge in [0.1, 0.15) is 0 Å². The van der Waals surface area contributed by atoms with E-state index >= 15 is 0 Å². The second-order valence-electron chi connectivity index (χ2n) is 9.62. The van der Waals surface area contributed by atoms with Crippen molar-refractivity contribution in [3.05, 3.63) is 124 Å². The molecule has 0 aliphatic heterocycles. The summed E-state index contributed by atoms with van der Waals surface area (Å²) >= 11 is -0.357. The summed E-state index contributed by atoms with van der Waals surface area (Å²) in [6.45, 7) is 7.74. The minimum atomic E-state index is -0.357. The minimum Gasteiger partial charge on any atom is -0.0149 e. The summed E-state index contributed by atoms with van der Waals surface area (Å²) in [6, 6.07) is 28.0. The summed E-state index contributed by atoms with van der Waals surface area (Å²) < 4.78 is 6.42. The van der Waals surface area contributed by atoms with Gasteiger partial charge in [0.15, 0.2) is 0 Å². The van der Waals surface area contributed by atoms with Crippen molar-refractivity contribution in [1.82, 2.24) is 5.32 Å². The van der Waals surface area contributed by atoms with Crippen molar-refractivity contribution in [2.45, 2.75) is 37.8 Å². The first-order valence-electron chi connectivity index (χ1n) is 13.5. The van der Waals surface area contributed by atoms with E-state index in [1.54, 1.807) is 0 Å². The molecule has 3 nitrogen and oxygen atoms in total. The number of benzene rings is 3. The molecule has 0 spiro atoms. The monoisotopic (exact) mass is 571 g/mol. The van der Waals surface area contributed by atoms with Gasteiger partial charge in [0.25, 0.3) is 0 Å². The number of hydrogen-bond donors (Lipinski definition) is 1. The maximum absolute atomic E-state index is 11.6. The van der Waals surface area contributed by atoms with Crippen molar-refractivity contribution in [3.8, 4) is 0 Å². The van der Waals surface area contributed by atoms with E-state index in [9.17, 15) is 4.79 Å². The number of amides is 1. The first kappa shape index (κ1) is 30.8. The Balaban J connectivity index is 0.00000420. The van der Waals surface area contributed by atoms with Gasteiger partial charge in [-0.2, -0.15) is 0 Å². The van der Waals surface area contributed by atoms with Crippen LogP contribution in [0.1, 0.15) is 65.7 Å². The smallest absolute Gasteiger partial charge is 0.0149 e. The second kappa shape index (κ2) is 15.7. The molecule has 0 heterocycles. The largest absolute Gasteiger partial charge is 0.0149 e. The predicted molar refractivity (Wildman–Crippen MR) is 167 cm³/mol. The van der Waals surface area contributed by atoms with E-state index in [4.69, 9.17) is 4.74 Å². The minimum absolute atomic E-state index is 0. The van der Waals surface area contributed by atoms with Gasteiger partial charge in [-0.25, -0.2) is 0 Å². The average Bonchev–Trinajstić information content (AvgIpc) is 3.18. The second-order valence-corrected chi connectivity index (χ2v) is 11.6. The van der Waals surface area contributed by atoms with Gasteiger partial charge in [0, 0.05) is 0 Å². The van der Waals surface area contributed by atoms with Crippen LogP contribution in [0, 0.1) is 0 Å². The number of hydrogen-bond acceptors (Lipinski definition) is 2. The van der Waals surface area contributed by atoms with Gasteiger partial charge in [-0.3, -0.25) is 0 Å². The van der Waals surface area contributed by atoms with Crippen LogP contribution in [0.4, 0.5) is 0 Å². The van der Waals surface area contributed by atoms with Crippen LogP contribution in [0.5, 0.6) is 0 Å². The van der Waals surface area contributed by atoms with Crippen molar-refractivity contribution < 1.29 is 28.7 Å². The van der Waals surface area contributed by atoms with Crippen molar-refractivity contribution in [2.24, 2.45) is 0 Å². The predicted octanol–water partition coefficient (Wildman–Crippen LogP) is 6.20. The van der Waals surface area contributed by atoms with Crippen LogP contribution >= 0.6 is 0 Å². The third-order valence-corrected chi connectivity index (χ3v) is 9.35. The van der Waals surface area contributed by atoms with Gasteiger partial charge >= 0.3 is 231 Å². The molecular formula is C34H41NO2SiTi. The number of allylic oxidation sites excluding steroid dienone is 4. The molecule has 5 heteroatoms. The number of carbonyl (C=O) groups is 1. The number of ether oxygens (including phenoxy) is 1. The summed E-state index contributed by atoms with van der Waals surface area (Å²) in [5.74, 6) is 0.113. The van der Waals surface area contributed by atoms with Crippen LogP contribution in [0.2, 0.25) is 0 Å². The fourth-order valence-corrected chi connectivity index (χ4v) is 7.04. The molecule has 3 aromatic rings. The van der Waals surface area contributed by atoms with E-state index in [1.165, 1.54) is 44.5 Å². The van der Waals surface area contributed by atoms with Crippen LogP contribution in [-0.4, -0.2) is 34.9 Å². The van der Waals surface area contributed by atoms with Crippen molar-refractivity contribution >= 4 is 34.1 Å². The van der Waals surface area contributed by atoms with Gasteiger partial charge in [-0.05, 0) is 11.0 Å². The molecule has 1 unspecified atom stereocenters. The number of rotatable bonds is 12. The van der Waals surface area contributed by atoms with Gasteiger partial charge in [0.05, 0.1) is 0 Å². The van der Waals surface area contributed by atoms with Crippen LogP contribution < -0.4 is 5.32 Å². The van der Waals surface area contributed by atoms with Gasteiger partial charge < -0.3 is 0 Å². The summed E-state index contributed by atoms with van der Waals surface area (Å²) in [7, 11) is 0. The maximum atomic E-state index is 11.6. The molecule has 1 aliphatic rings. The Labute approximate surface area is 247 Å². The first-order valence-corrected chi connectivity index (χ1v) is 15.5. The molecule has 202 valence electrons. The molecular weight excluding hydrogens is 530 g/mol. The fourth-order valence-electron chi connectivity index (χ4n) is 4.81. The van der Waals surface area contributed by atoms with E-state index in [1.807, 2.05) is 13.0 Å². The number of nitrogens with one attached hydrogen (secondary N) is 1. The Hall–Kier alpha value is -2.76. The number of carbonyl (C=O) groups excluding carboxylic acids is 1. The molecule has 1 atom stereocenters. The van der Waals surface area contributed by atoms with Gasteiger partial charge in [-0.1, -0.05) is 6.07 Å². The molecule has 0 fully saturated rings.